The van der Waals surface area contributed by atoms with Gasteiger partial charge in [0.15, 0.2) is 0 Å². The van der Waals surface area contributed by atoms with E-state index >= 15 is 0 Å². The van der Waals surface area contributed by atoms with Gasteiger partial charge in [0.2, 0.25) is 0 Å². The van der Waals surface area contributed by atoms with E-state index in [4.69, 9.17) is 5.84 Å². The monoisotopic (exact) mass is 329 g/mol. The van der Waals surface area contributed by atoms with E-state index in [1.165, 1.54) is 0 Å². The van der Waals surface area contributed by atoms with E-state index in [0.717, 1.165) is 5.56 Å². The van der Waals surface area contributed by atoms with E-state index in [0.29, 0.717) is 0 Å². The van der Waals surface area contributed by atoms with E-state index < -0.39 is 0 Å². The van der Waals surface area contributed by atoms with Crippen LogP contribution in [-0.2, 0) is 21.1 Å². The van der Waals surface area contributed by atoms with E-state index in [1.54, 1.807) is 6.20 Å². The predicted octanol–water partition coefficient (Wildman–Crippen LogP) is 1.12. The van der Waals surface area contributed by atoms with Crippen LogP contribution in [0.3, 0.4) is 0 Å². The van der Waals surface area contributed by atoms with E-state index in [9.17, 15) is 0 Å². The second kappa shape index (κ2) is 6.14. The van der Waals surface area contributed by atoms with Gasteiger partial charge in [-0.05, 0) is 11.6 Å². The Morgan fingerprint density at radius 2 is 1.82 bits per heavy atom. The molecule has 62 valence electrons. The van der Waals surface area contributed by atoms with Crippen LogP contribution >= 0.6 is 0 Å². The van der Waals surface area contributed by atoms with Crippen molar-refractivity contribution in [1.82, 2.24) is 5.43 Å². The van der Waals surface area contributed by atoms with Crippen molar-refractivity contribution in [2.24, 2.45) is 5.84 Å². The van der Waals surface area contributed by atoms with Gasteiger partial charge in [-0.25, -0.2) is 0 Å². The van der Waals surface area contributed by atoms with Gasteiger partial charge >= 0.3 is 0 Å². The largest absolute Gasteiger partial charge is 0.331 e. The van der Waals surface area contributed by atoms with Crippen LogP contribution in [0.4, 0.5) is 0 Å². The molecule has 0 aliphatic heterocycles. The number of nitrogens with one attached hydrogen (secondary N) is 1. The zero-order chi connectivity index (χ0) is 7.23. The number of rotatable bonds is 2. The third-order valence-corrected chi connectivity index (χ3v) is 1.17. The summed E-state index contributed by atoms with van der Waals surface area (Å²) in [6.45, 7) is 0. The summed E-state index contributed by atoms with van der Waals surface area (Å²) in [5.41, 5.74) is 3.57. The molecule has 3 heteroatoms. The minimum absolute atomic E-state index is 0. The molecule has 11 heavy (non-hydrogen) atoms. The molecule has 0 spiro atoms. The molecule has 0 aromatic heterocycles. The molecular formula is C8H10N2Pt. The maximum absolute atomic E-state index is 5.04. The number of hydrogen-bond acceptors (Lipinski definition) is 2. The fourth-order valence-electron chi connectivity index (χ4n) is 0.708. The average molecular weight is 329 g/mol. The fourth-order valence-corrected chi connectivity index (χ4v) is 0.708. The Morgan fingerprint density at radius 1 is 1.18 bits per heavy atom. The van der Waals surface area contributed by atoms with Crippen molar-refractivity contribution < 1.29 is 21.1 Å². The summed E-state index contributed by atoms with van der Waals surface area (Å²) < 4.78 is 0. The summed E-state index contributed by atoms with van der Waals surface area (Å²) in [5.74, 6) is 5.04. The summed E-state index contributed by atoms with van der Waals surface area (Å²) in [6.07, 6.45) is 3.59. The van der Waals surface area contributed by atoms with Crippen molar-refractivity contribution >= 4 is 6.08 Å². The first-order chi connectivity index (χ1) is 4.93. The third kappa shape index (κ3) is 3.97. The maximum atomic E-state index is 5.04. The molecule has 0 atom stereocenters. The Labute approximate surface area is 80.7 Å². The Bertz CT molecular complexity index is 209. The van der Waals surface area contributed by atoms with Crippen molar-refractivity contribution in [3.05, 3.63) is 42.1 Å². The molecular weight excluding hydrogens is 319 g/mol. The van der Waals surface area contributed by atoms with Gasteiger partial charge in [-0.1, -0.05) is 30.3 Å². The van der Waals surface area contributed by atoms with Gasteiger partial charge in [0.1, 0.15) is 0 Å². The molecule has 1 aromatic rings. The number of hydrogen-bond donors (Lipinski definition) is 2. The van der Waals surface area contributed by atoms with Crippen molar-refractivity contribution in [2.45, 2.75) is 0 Å². The molecule has 0 unspecified atom stereocenters. The number of hydrazine groups is 1. The maximum Gasteiger partial charge on any atom is 0.0129 e. The Kier molecular flexibility index (Phi) is 5.81. The molecule has 0 fully saturated rings. The molecule has 0 aliphatic rings. The Balaban J connectivity index is 0.000001000. The van der Waals surface area contributed by atoms with E-state index in [2.05, 4.69) is 5.43 Å². The molecule has 1 aromatic carbocycles. The SMILES string of the molecule is NNC=Cc1ccccc1.[Pt]. The molecule has 1 rings (SSSR count). The molecule has 0 bridgehead atoms. The standard InChI is InChI=1S/C8H10N2.Pt/c9-10-7-6-8-4-2-1-3-5-8;/h1-7,10H,9H2;. The van der Waals surface area contributed by atoms with Gasteiger partial charge in [0.05, 0.1) is 0 Å². The smallest absolute Gasteiger partial charge is 0.0129 e. The van der Waals surface area contributed by atoms with Gasteiger partial charge in [0, 0.05) is 27.3 Å². The Morgan fingerprint density at radius 3 is 2.36 bits per heavy atom. The van der Waals surface area contributed by atoms with Gasteiger partial charge < -0.3 is 5.43 Å². The van der Waals surface area contributed by atoms with Crippen molar-refractivity contribution in [3.8, 4) is 0 Å². The zero-order valence-corrected chi connectivity index (χ0v) is 8.21. The molecule has 3 N–H and O–H groups in total. The van der Waals surface area contributed by atoms with Crippen LogP contribution in [0.2, 0.25) is 0 Å². The van der Waals surface area contributed by atoms with Crippen LogP contribution < -0.4 is 11.3 Å². The quantitative estimate of drug-likeness (QED) is 0.630. The second-order valence-electron chi connectivity index (χ2n) is 1.91. The van der Waals surface area contributed by atoms with Crippen LogP contribution in [0.5, 0.6) is 0 Å². The van der Waals surface area contributed by atoms with Crippen LogP contribution in [0, 0.1) is 0 Å². The normalized spacial score (nSPS) is 9.18. The van der Waals surface area contributed by atoms with Gasteiger partial charge in [-0.2, -0.15) is 0 Å². The predicted molar refractivity (Wildman–Crippen MR) is 42.8 cm³/mol. The van der Waals surface area contributed by atoms with E-state index in [-0.39, 0.29) is 21.1 Å². The summed E-state index contributed by atoms with van der Waals surface area (Å²) in [4.78, 5) is 0. The van der Waals surface area contributed by atoms with Crippen LogP contribution in [0.25, 0.3) is 6.08 Å². The first-order valence-electron chi connectivity index (χ1n) is 3.11. The summed E-state index contributed by atoms with van der Waals surface area (Å²) in [7, 11) is 0. The van der Waals surface area contributed by atoms with Gasteiger partial charge in [0.25, 0.3) is 0 Å². The first-order valence-corrected chi connectivity index (χ1v) is 3.11. The summed E-state index contributed by atoms with van der Waals surface area (Å²) in [5, 5.41) is 0. The molecule has 0 heterocycles. The first kappa shape index (κ1) is 10.4. The number of nitrogens with two attached hydrogens (primary N) is 1. The average Bonchev–Trinajstić information content (AvgIpc) is 2.03. The molecule has 0 amide bonds. The second-order valence-corrected chi connectivity index (χ2v) is 1.91. The molecule has 0 saturated carbocycles. The van der Waals surface area contributed by atoms with Crippen LogP contribution in [0.1, 0.15) is 5.56 Å². The summed E-state index contributed by atoms with van der Waals surface area (Å²) in [6, 6.07) is 9.96. The molecule has 0 saturated heterocycles. The number of benzene rings is 1. The van der Waals surface area contributed by atoms with Gasteiger partial charge in [-0.15, -0.1) is 0 Å². The van der Waals surface area contributed by atoms with Crippen LogP contribution in [0.15, 0.2) is 36.5 Å². The molecule has 2 nitrogen and oxygen atoms in total. The van der Waals surface area contributed by atoms with Gasteiger partial charge in [-0.3, -0.25) is 5.84 Å². The third-order valence-electron chi connectivity index (χ3n) is 1.17. The van der Waals surface area contributed by atoms with Crippen molar-refractivity contribution in [3.63, 3.8) is 0 Å². The minimum Gasteiger partial charge on any atom is -0.331 e. The molecule has 0 radical (unpaired) electrons. The molecule has 0 aliphatic carbocycles. The van der Waals surface area contributed by atoms with E-state index in [1.807, 2.05) is 36.4 Å². The van der Waals surface area contributed by atoms with Crippen LogP contribution in [-0.4, -0.2) is 0 Å². The minimum atomic E-state index is 0. The zero-order valence-electron chi connectivity index (χ0n) is 5.94. The van der Waals surface area contributed by atoms with Crippen molar-refractivity contribution in [1.29, 1.82) is 0 Å². The Hall–Kier alpha value is -0.592. The van der Waals surface area contributed by atoms with Crippen molar-refractivity contribution in [2.75, 3.05) is 0 Å². The topological polar surface area (TPSA) is 38.0 Å². The summed E-state index contributed by atoms with van der Waals surface area (Å²) >= 11 is 0. The fraction of sp³-hybridized carbons (Fsp3) is 0.